The zero-order chi connectivity index (χ0) is 20.2. The second kappa shape index (κ2) is 8.41. The Balaban J connectivity index is 1.57. The van der Waals surface area contributed by atoms with Gasteiger partial charge in [-0.3, -0.25) is 9.48 Å². The Hall–Kier alpha value is -3.25. The number of pyridine rings is 1. The lowest BCUT2D eigenvalue weighted by atomic mass is 10.0. The van der Waals surface area contributed by atoms with Crippen molar-refractivity contribution < 1.29 is 0 Å². The molecule has 6 heteroatoms. The Morgan fingerprint density at radius 2 is 1.90 bits per heavy atom. The van der Waals surface area contributed by atoms with Crippen molar-refractivity contribution >= 4 is 10.9 Å². The average molecular weight is 387 g/mol. The molecule has 4 aromatic rings. The van der Waals surface area contributed by atoms with Crippen molar-refractivity contribution in [1.82, 2.24) is 25.1 Å². The van der Waals surface area contributed by atoms with Crippen LogP contribution in [0.5, 0.6) is 0 Å². The van der Waals surface area contributed by atoms with Gasteiger partial charge in [-0.1, -0.05) is 42.5 Å². The molecule has 0 bridgehead atoms. The van der Waals surface area contributed by atoms with Gasteiger partial charge in [0.25, 0.3) is 0 Å². The van der Waals surface area contributed by atoms with Crippen LogP contribution in [-0.4, -0.2) is 19.7 Å². The van der Waals surface area contributed by atoms with E-state index in [0.717, 1.165) is 40.7 Å². The monoisotopic (exact) mass is 387 g/mol. The van der Waals surface area contributed by atoms with Crippen molar-refractivity contribution in [3.05, 3.63) is 93.8 Å². The van der Waals surface area contributed by atoms with Gasteiger partial charge in [-0.15, -0.1) is 0 Å². The van der Waals surface area contributed by atoms with E-state index in [2.05, 4.69) is 38.6 Å². The molecule has 2 heterocycles. The molecule has 6 nitrogen and oxygen atoms in total. The average Bonchev–Trinajstić information content (AvgIpc) is 3.25. The van der Waals surface area contributed by atoms with Crippen LogP contribution in [0.15, 0.2) is 66.0 Å². The van der Waals surface area contributed by atoms with Gasteiger partial charge in [0.05, 0.1) is 5.52 Å². The van der Waals surface area contributed by atoms with E-state index < -0.39 is 0 Å². The lowest BCUT2D eigenvalue weighted by Gasteiger charge is -2.20. The standard InChI is InChI=1S/C23H25N5O/c1-16-8-9-17(2)23-22(16)21(29)12-19(27-23)13-25-20(18-6-4-3-5-7-18)10-11-28-15-24-14-26-28/h3-9,12,14-15,20,25H,10-11,13H2,1-2H3,(H,27,29)/t20-/m0/s1. The number of aryl methyl sites for hydroxylation is 3. The van der Waals surface area contributed by atoms with E-state index in [1.807, 2.05) is 42.8 Å². The molecule has 0 radical (unpaired) electrons. The van der Waals surface area contributed by atoms with Gasteiger partial charge in [0, 0.05) is 36.3 Å². The minimum atomic E-state index is 0.0654. The van der Waals surface area contributed by atoms with E-state index in [4.69, 9.17) is 0 Å². The second-order valence-electron chi connectivity index (χ2n) is 7.40. The van der Waals surface area contributed by atoms with Crippen molar-refractivity contribution in [3.63, 3.8) is 0 Å². The molecule has 0 saturated heterocycles. The minimum absolute atomic E-state index is 0.0654. The molecule has 29 heavy (non-hydrogen) atoms. The lowest BCUT2D eigenvalue weighted by Crippen LogP contribution is -2.24. The van der Waals surface area contributed by atoms with Crippen molar-refractivity contribution in [2.75, 3.05) is 0 Å². The lowest BCUT2D eigenvalue weighted by molar-refractivity contribution is 0.443. The molecule has 0 aliphatic carbocycles. The number of hydrogen-bond acceptors (Lipinski definition) is 4. The Morgan fingerprint density at radius 1 is 1.10 bits per heavy atom. The molecule has 0 aliphatic rings. The largest absolute Gasteiger partial charge is 0.357 e. The summed E-state index contributed by atoms with van der Waals surface area (Å²) >= 11 is 0. The quantitative estimate of drug-likeness (QED) is 0.507. The van der Waals surface area contributed by atoms with Crippen LogP contribution in [0.4, 0.5) is 0 Å². The molecule has 0 fully saturated rings. The molecule has 4 rings (SSSR count). The first-order chi connectivity index (χ1) is 14.1. The Morgan fingerprint density at radius 3 is 2.66 bits per heavy atom. The van der Waals surface area contributed by atoms with Crippen LogP contribution in [0.3, 0.4) is 0 Å². The summed E-state index contributed by atoms with van der Waals surface area (Å²) in [7, 11) is 0. The van der Waals surface area contributed by atoms with Crippen molar-refractivity contribution in [3.8, 4) is 0 Å². The van der Waals surface area contributed by atoms with Crippen LogP contribution in [0, 0.1) is 13.8 Å². The molecule has 0 unspecified atom stereocenters. The van der Waals surface area contributed by atoms with Crippen LogP contribution < -0.4 is 10.7 Å². The molecule has 0 aliphatic heterocycles. The molecule has 0 amide bonds. The van der Waals surface area contributed by atoms with Gasteiger partial charge in [0.2, 0.25) is 0 Å². The molecule has 2 N–H and O–H groups in total. The van der Waals surface area contributed by atoms with Gasteiger partial charge >= 0.3 is 0 Å². The molecule has 0 spiro atoms. The van der Waals surface area contributed by atoms with E-state index >= 15 is 0 Å². The summed E-state index contributed by atoms with van der Waals surface area (Å²) in [6.45, 7) is 5.35. The van der Waals surface area contributed by atoms with Gasteiger partial charge in [0.1, 0.15) is 12.7 Å². The van der Waals surface area contributed by atoms with E-state index in [9.17, 15) is 4.79 Å². The number of rotatable bonds is 7. The topological polar surface area (TPSA) is 75.6 Å². The zero-order valence-corrected chi connectivity index (χ0v) is 16.7. The Bertz CT molecular complexity index is 1150. The van der Waals surface area contributed by atoms with E-state index in [0.29, 0.717) is 6.54 Å². The van der Waals surface area contributed by atoms with Gasteiger partial charge in [-0.2, -0.15) is 5.10 Å². The number of aromatic nitrogens is 4. The summed E-state index contributed by atoms with van der Waals surface area (Å²) in [6, 6.07) is 16.2. The van der Waals surface area contributed by atoms with Crippen LogP contribution in [0.2, 0.25) is 0 Å². The summed E-state index contributed by atoms with van der Waals surface area (Å²) in [5, 5.41) is 8.58. The van der Waals surface area contributed by atoms with E-state index in [1.54, 1.807) is 18.7 Å². The van der Waals surface area contributed by atoms with E-state index in [-0.39, 0.29) is 11.5 Å². The van der Waals surface area contributed by atoms with Crippen LogP contribution in [0.25, 0.3) is 10.9 Å². The van der Waals surface area contributed by atoms with Crippen LogP contribution in [-0.2, 0) is 13.1 Å². The molecule has 1 atom stereocenters. The first-order valence-corrected chi connectivity index (χ1v) is 9.84. The second-order valence-corrected chi connectivity index (χ2v) is 7.40. The normalized spacial score (nSPS) is 12.3. The maximum absolute atomic E-state index is 12.7. The summed E-state index contributed by atoms with van der Waals surface area (Å²) in [6.07, 6.45) is 4.15. The molecule has 148 valence electrons. The summed E-state index contributed by atoms with van der Waals surface area (Å²) in [4.78, 5) is 20.2. The smallest absolute Gasteiger partial charge is 0.189 e. The predicted molar refractivity (Wildman–Crippen MR) is 115 cm³/mol. The highest BCUT2D eigenvalue weighted by Gasteiger charge is 2.13. The number of nitrogens with zero attached hydrogens (tertiary/aromatic N) is 3. The molecule has 2 aromatic carbocycles. The first-order valence-electron chi connectivity index (χ1n) is 9.84. The maximum atomic E-state index is 12.7. The molecular formula is C23H25N5O. The molecular weight excluding hydrogens is 362 g/mol. The number of fused-ring (bicyclic) bond motifs is 1. The van der Waals surface area contributed by atoms with Gasteiger partial charge in [0.15, 0.2) is 5.43 Å². The Kier molecular flexibility index (Phi) is 5.53. The third-order valence-electron chi connectivity index (χ3n) is 5.31. The third kappa shape index (κ3) is 4.27. The fraction of sp³-hybridized carbons (Fsp3) is 0.261. The Labute approximate surface area is 169 Å². The van der Waals surface area contributed by atoms with Crippen molar-refractivity contribution in [2.24, 2.45) is 0 Å². The van der Waals surface area contributed by atoms with Gasteiger partial charge in [-0.05, 0) is 37.0 Å². The van der Waals surface area contributed by atoms with Crippen LogP contribution >= 0.6 is 0 Å². The number of hydrogen-bond donors (Lipinski definition) is 2. The number of H-pyrrole nitrogens is 1. The van der Waals surface area contributed by atoms with Crippen molar-refractivity contribution in [2.45, 2.75) is 39.4 Å². The molecule has 2 aromatic heterocycles. The van der Waals surface area contributed by atoms with Gasteiger partial charge in [-0.25, -0.2) is 4.98 Å². The summed E-state index contributed by atoms with van der Waals surface area (Å²) in [5.41, 5.74) is 5.17. The van der Waals surface area contributed by atoms with E-state index in [1.165, 1.54) is 5.56 Å². The highest BCUT2D eigenvalue weighted by molar-refractivity contribution is 5.84. The molecule has 0 saturated carbocycles. The first kappa shape index (κ1) is 19.1. The fourth-order valence-corrected chi connectivity index (χ4v) is 3.73. The number of benzene rings is 2. The third-order valence-corrected chi connectivity index (χ3v) is 5.31. The minimum Gasteiger partial charge on any atom is -0.357 e. The maximum Gasteiger partial charge on any atom is 0.189 e. The van der Waals surface area contributed by atoms with Gasteiger partial charge < -0.3 is 10.3 Å². The summed E-state index contributed by atoms with van der Waals surface area (Å²) in [5.74, 6) is 0. The number of nitrogens with one attached hydrogen (secondary N) is 2. The van der Waals surface area contributed by atoms with Crippen LogP contribution in [0.1, 0.15) is 34.8 Å². The zero-order valence-electron chi connectivity index (χ0n) is 16.7. The summed E-state index contributed by atoms with van der Waals surface area (Å²) < 4.78 is 1.83. The van der Waals surface area contributed by atoms with Crippen molar-refractivity contribution in [1.29, 1.82) is 0 Å². The SMILES string of the molecule is Cc1ccc(C)c2c(=O)cc(CN[C@@H](CCn3cncn3)c3ccccc3)[nH]c12. The fourth-order valence-electron chi connectivity index (χ4n) is 3.73. The highest BCUT2D eigenvalue weighted by atomic mass is 16.1. The predicted octanol–water partition coefficient (Wildman–Crippen LogP) is 3.66. The number of aromatic amines is 1. The highest BCUT2D eigenvalue weighted by Crippen LogP contribution is 2.20.